The second kappa shape index (κ2) is 6.50. The molecule has 116 valence electrons. The van der Waals surface area contributed by atoms with Crippen LogP contribution in [0.1, 0.15) is 70.0 Å². The van der Waals surface area contributed by atoms with Crippen molar-refractivity contribution in [2.45, 2.75) is 72.1 Å². The zero-order valence-corrected chi connectivity index (χ0v) is 14.2. The quantitative estimate of drug-likeness (QED) is 0.781. The van der Waals surface area contributed by atoms with Crippen molar-refractivity contribution < 1.29 is 0 Å². The van der Waals surface area contributed by atoms with Gasteiger partial charge < -0.3 is 4.57 Å². The van der Waals surface area contributed by atoms with Crippen LogP contribution < -0.4 is 0 Å². The van der Waals surface area contributed by atoms with Crippen LogP contribution in [0.15, 0.2) is 18.2 Å². The third kappa shape index (κ3) is 3.99. The number of aromatic nitrogens is 3. The smallest absolute Gasteiger partial charge is 0.159 e. The van der Waals surface area contributed by atoms with Gasteiger partial charge in [0, 0.05) is 28.6 Å². The average molecular weight is 287 g/mol. The van der Waals surface area contributed by atoms with Gasteiger partial charge in [-0.1, -0.05) is 52.9 Å². The number of nitrogens with one attached hydrogen (secondary N) is 1. The van der Waals surface area contributed by atoms with E-state index < -0.39 is 0 Å². The van der Waals surface area contributed by atoms with Gasteiger partial charge in [0.25, 0.3) is 0 Å². The fourth-order valence-corrected chi connectivity index (χ4v) is 2.72. The summed E-state index contributed by atoms with van der Waals surface area (Å²) in [5.74, 6) is 0.977. The molecule has 3 rings (SSSR count). The Morgan fingerprint density at radius 1 is 0.952 bits per heavy atom. The maximum absolute atomic E-state index is 4.38. The summed E-state index contributed by atoms with van der Waals surface area (Å²) in [7, 11) is 0. The molecule has 0 bridgehead atoms. The van der Waals surface area contributed by atoms with Gasteiger partial charge in [-0.15, -0.1) is 0 Å². The van der Waals surface area contributed by atoms with Crippen LogP contribution in [0.5, 0.6) is 0 Å². The molecule has 2 heterocycles. The molecule has 0 unspecified atom stereocenters. The molecule has 0 aliphatic heterocycles. The fraction of sp³-hybridized carbons (Fsp3) is 0.611. The molecule has 0 saturated heterocycles. The molecule has 1 fully saturated rings. The van der Waals surface area contributed by atoms with Crippen molar-refractivity contribution in [1.29, 1.82) is 0 Å². The number of H-pyrrole nitrogens is 1. The summed E-state index contributed by atoms with van der Waals surface area (Å²) in [6.45, 7) is 10.7. The van der Waals surface area contributed by atoms with Gasteiger partial charge in [-0.25, -0.2) is 0 Å². The van der Waals surface area contributed by atoms with Gasteiger partial charge in [-0.05, 0) is 26.0 Å². The Labute approximate surface area is 128 Å². The second-order valence-electron chi connectivity index (χ2n) is 7.11. The number of aromatic amines is 1. The maximum Gasteiger partial charge on any atom is 0.159 e. The molecule has 0 spiro atoms. The van der Waals surface area contributed by atoms with Gasteiger partial charge in [-0.2, -0.15) is 5.10 Å². The van der Waals surface area contributed by atoms with Crippen LogP contribution in [-0.4, -0.2) is 14.8 Å². The van der Waals surface area contributed by atoms with Crippen molar-refractivity contribution >= 4 is 0 Å². The molecule has 0 aromatic carbocycles. The molecule has 2 aromatic rings. The molecule has 1 saturated carbocycles. The first-order valence-electron chi connectivity index (χ1n) is 8.11. The topological polar surface area (TPSA) is 33.6 Å². The number of hydrogen-bond donors (Lipinski definition) is 1. The average Bonchev–Trinajstić information content (AvgIpc) is 3.11. The first-order valence-corrected chi connectivity index (χ1v) is 8.11. The third-order valence-corrected chi connectivity index (χ3v) is 4.12. The van der Waals surface area contributed by atoms with E-state index in [4.69, 9.17) is 0 Å². The Hall–Kier alpha value is -1.51. The van der Waals surface area contributed by atoms with Crippen LogP contribution in [0.2, 0.25) is 0 Å². The highest BCUT2D eigenvalue weighted by Crippen LogP contribution is 2.23. The lowest BCUT2D eigenvalue weighted by Gasteiger charge is -2.14. The Morgan fingerprint density at radius 3 is 1.81 bits per heavy atom. The van der Waals surface area contributed by atoms with Crippen LogP contribution in [0.4, 0.5) is 0 Å². The molecule has 3 heteroatoms. The lowest BCUT2D eigenvalue weighted by molar-refractivity contribution is 0.567. The zero-order chi connectivity index (χ0) is 15.5. The second-order valence-corrected chi connectivity index (χ2v) is 7.11. The summed E-state index contributed by atoms with van der Waals surface area (Å²) in [5.41, 5.74) is 3.70. The van der Waals surface area contributed by atoms with Crippen molar-refractivity contribution in [3.63, 3.8) is 0 Å². The summed E-state index contributed by atoms with van der Waals surface area (Å²) in [6, 6.07) is 6.35. The molecule has 1 aliphatic rings. The minimum absolute atomic E-state index is 0.111. The Morgan fingerprint density at radius 2 is 1.43 bits per heavy atom. The molecule has 1 aliphatic carbocycles. The summed E-state index contributed by atoms with van der Waals surface area (Å²) >= 11 is 0. The minimum Gasteiger partial charge on any atom is -0.302 e. The lowest BCUT2D eigenvalue weighted by atomic mass is 9.92. The molecule has 3 nitrogen and oxygen atoms in total. The van der Waals surface area contributed by atoms with Gasteiger partial charge in [-0.3, -0.25) is 5.10 Å². The Bertz CT molecular complexity index is 538. The summed E-state index contributed by atoms with van der Waals surface area (Å²) in [4.78, 5) is 0. The molecule has 0 amide bonds. The maximum atomic E-state index is 4.38. The van der Waals surface area contributed by atoms with Crippen LogP contribution in [-0.2, 0) is 5.41 Å². The van der Waals surface area contributed by atoms with Crippen LogP contribution in [0.3, 0.4) is 0 Å². The largest absolute Gasteiger partial charge is 0.302 e. The standard InChI is InChI=1S/C13H19N3.C5H10/c1-9-6-7-10(2)16(9)12-8-11(14-15-12)13(3,4)5;1-2-4-5-3-1/h6-8H,1-5H3,(H,14,15);1-5H2. The number of hydrogen-bond acceptors (Lipinski definition) is 1. The Balaban J connectivity index is 0.000000272. The molecule has 1 N–H and O–H groups in total. The van der Waals surface area contributed by atoms with Gasteiger partial charge in [0.1, 0.15) is 0 Å². The highest BCUT2D eigenvalue weighted by atomic mass is 15.2. The van der Waals surface area contributed by atoms with Crippen LogP contribution in [0.25, 0.3) is 5.82 Å². The Kier molecular flexibility index (Phi) is 4.92. The van der Waals surface area contributed by atoms with Crippen molar-refractivity contribution in [2.75, 3.05) is 0 Å². The fourth-order valence-electron chi connectivity index (χ4n) is 2.72. The molecule has 2 aromatic heterocycles. The minimum atomic E-state index is 0.111. The van der Waals surface area contributed by atoms with E-state index >= 15 is 0 Å². The molecule has 0 radical (unpaired) electrons. The van der Waals surface area contributed by atoms with Crippen molar-refractivity contribution in [3.05, 3.63) is 35.3 Å². The lowest BCUT2D eigenvalue weighted by Crippen LogP contribution is -2.11. The highest BCUT2D eigenvalue weighted by Gasteiger charge is 2.17. The molecule has 0 atom stereocenters. The molecule has 21 heavy (non-hydrogen) atoms. The van der Waals surface area contributed by atoms with Gasteiger partial charge in [0.15, 0.2) is 5.82 Å². The normalized spacial score (nSPS) is 14.9. The van der Waals surface area contributed by atoms with Crippen LogP contribution in [0, 0.1) is 13.8 Å². The third-order valence-electron chi connectivity index (χ3n) is 4.12. The zero-order valence-electron chi connectivity index (χ0n) is 14.2. The van der Waals surface area contributed by atoms with E-state index in [1.54, 1.807) is 0 Å². The van der Waals surface area contributed by atoms with E-state index in [9.17, 15) is 0 Å². The predicted octanol–water partition coefficient (Wildman–Crippen LogP) is 5.07. The van der Waals surface area contributed by atoms with Crippen molar-refractivity contribution in [1.82, 2.24) is 14.8 Å². The van der Waals surface area contributed by atoms with Gasteiger partial charge in [0.05, 0.1) is 0 Å². The number of rotatable bonds is 1. The SMILES string of the molecule is C1CCCC1.Cc1ccc(C)n1-c1cc(C(C)(C)C)[nH]n1. The molecular formula is C18H29N3. The first-order chi connectivity index (χ1) is 9.89. The van der Waals surface area contributed by atoms with Crippen molar-refractivity contribution in [2.24, 2.45) is 0 Å². The van der Waals surface area contributed by atoms with E-state index in [0.717, 1.165) is 11.5 Å². The van der Waals surface area contributed by atoms with Gasteiger partial charge >= 0.3 is 0 Å². The number of aryl methyl sites for hydroxylation is 2. The molecular weight excluding hydrogens is 258 g/mol. The van der Waals surface area contributed by atoms with E-state index in [1.807, 2.05) is 0 Å². The first kappa shape index (κ1) is 15.9. The van der Waals surface area contributed by atoms with Crippen LogP contribution >= 0.6 is 0 Å². The van der Waals surface area contributed by atoms with E-state index in [1.165, 1.54) is 43.5 Å². The summed E-state index contributed by atoms with van der Waals surface area (Å²) in [6.07, 6.45) is 7.50. The van der Waals surface area contributed by atoms with Gasteiger partial charge in [0.2, 0.25) is 0 Å². The number of nitrogens with zero attached hydrogens (tertiary/aromatic N) is 2. The highest BCUT2D eigenvalue weighted by molar-refractivity contribution is 5.33. The summed E-state index contributed by atoms with van der Waals surface area (Å²) in [5, 5.41) is 7.50. The van der Waals surface area contributed by atoms with E-state index in [0.29, 0.717) is 0 Å². The van der Waals surface area contributed by atoms with E-state index in [2.05, 4.69) is 67.6 Å². The summed E-state index contributed by atoms with van der Waals surface area (Å²) < 4.78 is 2.16. The van der Waals surface area contributed by atoms with E-state index in [-0.39, 0.29) is 5.41 Å². The predicted molar refractivity (Wildman–Crippen MR) is 89.2 cm³/mol. The monoisotopic (exact) mass is 287 g/mol. The van der Waals surface area contributed by atoms with Crippen molar-refractivity contribution in [3.8, 4) is 5.82 Å².